The van der Waals surface area contributed by atoms with Gasteiger partial charge in [-0.25, -0.2) is 9.97 Å². The van der Waals surface area contributed by atoms with E-state index in [2.05, 4.69) is 9.97 Å². The number of amides is 1. The van der Waals surface area contributed by atoms with Crippen LogP contribution in [-0.2, 0) is 5.75 Å². The Bertz CT molecular complexity index is 639. The Morgan fingerprint density at radius 2 is 1.85 bits per heavy atom. The van der Waals surface area contributed by atoms with Gasteiger partial charge in [0.2, 0.25) is 5.91 Å². The second kappa shape index (κ2) is 5.79. The van der Waals surface area contributed by atoms with Gasteiger partial charge in [0.15, 0.2) is 5.16 Å². The molecular formula is C13H15N5OS. The highest BCUT2D eigenvalue weighted by atomic mass is 32.2. The molecule has 0 atom stereocenters. The van der Waals surface area contributed by atoms with Gasteiger partial charge in [0.25, 0.3) is 0 Å². The van der Waals surface area contributed by atoms with Crippen molar-refractivity contribution in [3.63, 3.8) is 0 Å². The van der Waals surface area contributed by atoms with E-state index in [1.165, 1.54) is 17.8 Å². The molecule has 1 heterocycles. The Morgan fingerprint density at radius 1 is 1.20 bits per heavy atom. The normalized spacial score (nSPS) is 10.4. The molecule has 0 aliphatic carbocycles. The molecule has 1 aromatic carbocycles. The Morgan fingerprint density at radius 3 is 2.40 bits per heavy atom. The minimum absolute atomic E-state index is 0.348. The number of primary amides is 1. The van der Waals surface area contributed by atoms with Crippen molar-refractivity contribution in [1.82, 2.24) is 9.97 Å². The van der Waals surface area contributed by atoms with E-state index in [9.17, 15) is 4.79 Å². The number of rotatable bonds is 4. The third-order valence-electron chi connectivity index (χ3n) is 2.73. The van der Waals surface area contributed by atoms with Crippen molar-refractivity contribution >= 4 is 29.3 Å². The molecule has 2 rings (SSSR count). The summed E-state index contributed by atoms with van der Waals surface area (Å²) in [6, 6.07) is 6.86. The van der Waals surface area contributed by atoms with Crippen LogP contribution >= 0.6 is 11.8 Å². The average Bonchev–Trinajstić information content (AvgIpc) is 2.36. The maximum Gasteiger partial charge on any atom is 0.248 e. The molecule has 0 spiro atoms. The Labute approximate surface area is 120 Å². The molecule has 1 amide bonds. The lowest BCUT2D eigenvalue weighted by Gasteiger charge is -2.07. The van der Waals surface area contributed by atoms with Gasteiger partial charge in [-0.3, -0.25) is 4.79 Å². The molecule has 0 radical (unpaired) electrons. The standard InChI is InChI=1S/C13H15N5OS/c1-7-4-8(12(16)19)2-3-9(7)6-20-13-17-10(14)5-11(15)18-13/h2-5H,6H2,1H3,(H2,16,19)(H4,14,15,17,18). The Hall–Kier alpha value is -2.28. The number of thioether (sulfide) groups is 1. The van der Waals surface area contributed by atoms with Crippen molar-refractivity contribution in [2.45, 2.75) is 17.8 Å². The quantitative estimate of drug-likeness (QED) is 0.577. The van der Waals surface area contributed by atoms with Crippen molar-refractivity contribution in [2.24, 2.45) is 5.73 Å². The maximum absolute atomic E-state index is 11.1. The van der Waals surface area contributed by atoms with E-state index in [4.69, 9.17) is 17.2 Å². The first kappa shape index (κ1) is 14.1. The van der Waals surface area contributed by atoms with Gasteiger partial charge in [-0.15, -0.1) is 0 Å². The molecule has 6 N–H and O–H groups in total. The second-order valence-corrected chi connectivity index (χ2v) is 5.24. The number of nitrogen functional groups attached to an aromatic ring is 2. The van der Waals surface area contributed by atoms with Crippen LogP contribution < -0.4 is 17.2 Å². The van der Waals surface area contributed by atoms with Gasteiger partial charge in [-0.1, -0.05) is 17.8 Å². The largest absolute Gasteiger partial charge is 0.383 e. The van der Waals surface area contributed by atoms with Crippen LogP contribution in [0.2, 0.25) is 0 Å². The molecule has 2 aromatic rings. The van der Waals surface area contributed by atoms with Gasteiger partial charge in [0.05, 0.1) is 0 Å². The summed E-state index contributed by atoms with van der Waals surface area (Å²) in [7, 11) is 0. The molecule has 0 saturated heterocycles. The van der Waals surface area contributed by atoms with Gasteiger partial charge in [0.1, 0.15) is 11.6 Å². The second-order valence-electron chi connectivity index (χ2n) is 4.29. The summed E-state index contributed by atoms with van der Waals surface area (Å²) in [5, 5.41) is 0.529. The number of benzene rings is 1. The van der Waals surface area contributed by atoms with Gasteiger partial charge in [-0.05, 0) is 30.2 Å². The zero-order valence-corrected chi connectivity index (χ0v) is 11.8. The van der Waals surface area contributed by atoms with Crippen molar-refractivity contribution in [2.75, 3.05) is 11.5 Å². The SMILES string of the molecule is Cc1cc(C(N)=O)ccc1CSc1nc(N)cc(N)n1. The van der Waals surface area contributed by atoms with Crippen LogP contribution in [0.4, 0.5) is 11.6 Å². The van der Waals surface area contributed by atoms with Crippen LogP contribution in [0.5, 0.6) is 0 Å². The zero-order valence-electron chi connectivity index (χ0n) is 11.0. The van der Waals surface area contributed by atoms with Crippen molar-refractivity contribution in [1.29, 1.82) is 0 Å². The fourth-order valence-electron chi connectivity index (χ4n) is 1.68. The summed E-state index contributed by atoms with van der Waals surface area (Å²) in [5.74, 6) is 0.925. The van der Waals surface area contributed by atoms with E-state index in [1.807, 2.05) is 13.0 Å². The monoisotopic (exact) mass is 289 g/mol. The number of carbonyl (C=O) groups is 1. The first-order chi connectivity index (χ1) is 9.45. The molecule has 0 aliphatic heterocycles. The fraction of sp³-hybridized carbons (Fsp3) is 0.154. The van der Waals surface area contributed by atoms with Crippen molar-refractivity contribution < 1.29 is 4.79 Å². The topological polar surface area (TPSA) is 121 Å². The lowest BCUT2D eigenvalue weighted by Crippen LogP contribution is -2.11. The highest BCUT2D eigenvalue weighted by molar-refractivity contribution is 7.98. The molecule has 0 unspecified atom stereocenters. The minimum atomic E-state index is -0.431. The number of carbonyl (C=O) groups excluding carboxylic acids is 1. The van der Waals surface area contributed by atoms with Crippen LogP contribution in [0.3, 0.4) is 0 Å². The number of aromatic nitrogens is 2. The lowest BCUT2D eigenvalue weighted by atomic mass is 10.1. The Balaban J connectivity index is 2.12. The van der Waals surface area contributed by atoms with Crippen LogP contribution in [0.25, 0.3) is 0 Å². The summed E-state index contributed by atoms with van der Waals surface area (Å²) >= 11 is 1.43. The number of anilines is 2. The van der Waals surface area contributed by atoms with Crippen LogP contribution in [-0.4, -0.2) is 15.9 Å². The van der Waals surface area contributed by atoms with Gasteiger partial charge >= 0.3 is 0 Å². The molecule has 20 heavy (non-hydrogen) atoms. The van der Waals surface area contributed by atoms with E-state index in [0.717, 1.165) is 11.1 Å². The Kier molecular flexibility index (Phi) is 4.09. The van der Waals surface area contributed by atoms with E-state index < -0.39 is 5.91 Å². The lowest BCUT2D eigenvalue weighted by molar-refractivity contribution is 0.1000. The minimum Gasteiger partial charge on any atom is -0.383 e. The van der Waals surface area contributed by atoms with Crippen molar-refractivity contribution in [3.8, 4) is 0 Å². The number of nitrogens with zero attached hydrogens (tertiary/aromatic N) is 2. The maximum atomic E-state index is 11.1. The number of nitrogens with two attached hydrogens (primary N) is 3. The van der Waals surface area contributed by atoms with E-state index in [1.54, 1.807) is 12.1 Å². The number of hydrogen-bond donors (Lipinski definition) is 3. The molecule has 0 aliphatic rings. The fourth-order valence-corrected chi connectivity index (χ4v) is 2.63. The molecule has 0 fully saturated rings. The van der Waals surface area contributed by atoms with Gasteiger partial charge < -0.3 is 17.2 Å². The summed E-state index contributed by atoms with van der Waals surface area (Å²) in [6.07, 6.45) is 0. The highest BCUT2D eigenvalue weighted by Crippen LogP contribution is 2.23. The summed E-state index contributed by atoms with van der Waals surface area (Å²) in [4.78, 5) is 19.3. The summed E-state index contributed by atoms with van der Waals surface area (Å²) < 4.78 is 0. The van der Waals surface area contributed by atoms with Gasteiger partial charge in [0, 0.05) is 17.4 Å². The average molecular weight is 289 g/mol. The molecular weight excluding hydrogens is 274 g/mol. The third-order valence-corrected chi connectivity index (χ3v) is 3.63. The molecule has 104 valence electrons. The molecule has 7 heteroatoms. The van der Waals surface area contributed by atoms with Crippen LogP contribution in [0.15, 0.2) is 29.4 Å². The van der Waals surface area contributed by atoms with E-state index in [0.29, 0.717) is 28.1 Å². The molecule has 6 nitrogen and oxygen atoms in total. The zero-order chi connectivity index (χ0) is 14.7. The number of aryl methyl sites for hydroxylation is 1. The smallest absolute Gasteiger partial charge is 0.248 e. The van der Waals surface area contributed by atoms with Gasteiger partial charge in [-0.2, -0.15) is 0 Å². The van der Waals surface area contributed by atoms with E-state index in [-0.39, 0.29) is 0 Å². The predicted molar refractivity (Wildman–Crippen MR) is 80.1 cm³/mol. The summed E-state index contributed by atoms with van der Waals surface area (Å²) in [6.45, 7) is 1.93. The third kappa shape index (κ3) is 3.39. The summed E-state index contributed by atoms with van der Waals surface area (Å²) in [5.41, 5.74) is 19.0. The molecule has 0 saturated carbocycles. The predicted octanol–water partition coefficient (Wildman–Crippen LogP) is 1.34. The van der Waals surface area contributed by atoms with Crippen LogP contribution in [0, 0.1) is 6.92 Å². The molecule has 1 aromatic heterocycles. The van der Waals surface area contributed by atoms with Crippen LogP contribution in [0.1, 0.15) is 21.5 Å². The molecule has 0 bridgehead atoms. The first-order valence-electron chi connectivity index (χ1n) is 5.88. The highest BCUT2D eigenvalue weighted by Gasteiger charge is 2.07. The number of hydrogen-bond acceptors (Lipinski definition) is 6. The first-order valence-corrected chi connectivity index (χ1v) is 6.86. The van der Waals surface area contributed by atoms with Crippen molar-refractivity contribution in [3.05, 3.63) is 41.0 Å². The van der Waals surface area contributed by atoms with E-state index >= 15 is 0 Å².